The van der Waals surface area contributed by atoms with Crippen molar-refractivity contribution in [2.24, 2.45) is 0 Å². The Hall–Kier alpha value is -1.33. The van der Waals surface area contributed by atoms with Crippen molar-refractivity contribution in [3.8, 4) is 0 Å². The van der Waals surface area contributed by atoms with Crippen LogP contribution in [0.4, 0.5) is 4.39 Å². The second kappa shape index (κ2) is 6.90. The van der Waals surface area contributed by atoms with Gasteiger partial charge in [0.1, 0.15) is 5.82 Å². The Bertz CT molecular complexity index is 537. The normalized spacial score (nSPS) is 12.1. The zero-order valence-electron chi connectivity index (χ0n) is 11.0. The minimum atomic E-state index is -1.02. The number of carbonyl (C=O) groups excluding carboxylic acids is 1. The summed E-state index contributed by atoms with van der Waals surface area (Å²) in [5.74, 6) is -2.29. The molecule has 0 bridgehead atoms. The first-order chi connectivity index (χ1) is 9.27. The minimum Gasteiger partial charge on any atom is -0.481 e. The van der Waals surface area contributed by atoms with Crippen LogP contribution in [0.25, 0.3) is 0 Å². The maximum absolute atomic E-state index is 13.4. The molecule has 0 aliphatic rings. The van der Waals surface area contributed by atoms with Crippen LogP contribution in [0.5, 0.6) is 0 Å². The molecule has 0 saturated carbocycles. The van der Waals surface area contributed by atoms with Gasteiger partial charge in [-0.15, -0.1) is 0 Å². The lowest BCUT2D eigenvalue weighted by Gasteiger charge is -2.27. The monoisotopic (exact) mass is 321 g/mol. The van der Waals surface area contributed by atoms with Gasteiger partial charge in [0, 0.05) is 12.6 Å². The van der Waals surface area contributed by atoms with Crippen molar-refractivity contribution in [3.63, 3.8) is 0 Å². The number of carbonyl (C=O) groups is 2. The molecule has 4 nitrogen and oxygen atoms in total. The van der Waals surface area contributed by atoms with Gasteiger partial charge < -0.3 is 10.0 Å². The van der Waals surface area contributed by atoms with Gasteiger partial charge in [-0.1, -0.05) is 23.2 Å². The molecule has 1 N–H and O–H groups in total. The highest BCUT2D eigenvalue weighted by atomic mass is 35.5. The Morgan fingerprint density at radius 3 is 2.45 bits per heavy atom. The third-order valence-electron chi connectivity index (χ3n) is 2.84. The third-order valence-corrected chi connectivity index (χ3v) is 3.45. The minimum absolute atomic E-state index is 0.0300. The Kier molecular flexibility index (Phi) is 5.77. The van der Waals surface area contributed by atoms with Crippen LogP contribution in [-0.2, 0) is 4.79 Å². The molecule has 0 aliphatic heterocycles. The SMILES string of the molecule is CCN(C(=O)c1cc(F)c(Cl)cc1Cl)C(C)CC(=O)O. The molecule has 1 atom stereocenters. The average molecular weight is 322 g/mol. The molecule has 1 aromatic rings. The summed E-state index contributed by atoms with van der Waals surface area (Å²) in [6.07, 6.45) is -0.201. The van der Waals surface area contributed by atoms with Crippen molar-refractivity contribution < 1.29 is 19.1 Å². The van der Waals surface area contributed by atoms with Gasteiger partial charge in [-0.05, 0) is 26.0 Å². The number of hydrogen-bond acceptors (Lipinski definition) is 2. The van der Waals surface area contributed by atoms with Crippen molar-refractivity contribution in [1.29, 1.82) is 0 Å². The summed E-state index contributed by atoms with van der Waals surface area (Å²) in [6, 6.07) is 1.59. The van der Waals surface area contributed by atoms with E-state index in [1.54, 1.807) is 13.8 Å². The van der Waals surface area contributed by atoms with Gasteiger partial charge in [0.25, 0.3) is 5.91 Å². The molecule has 0 aromatic heterocycles. The molecule has 0 radical (unpaired) electrons. The Labute approximate surface area is 126 Å². The molecule has 1 unspecified atom stereocenters. The molecule has 1 rings (SSSR count). The van der Waals surface area contributed by atoms with Gasteiger partial charge >= 0.3 is 5.97 Å². The van der Waals surface area contributed by atoms with E-state index < -0.39 is 23.7 Å². The van der Waals surface area contributed by atoms with Gasteiger partial charge in [-0.25, -0.2) is 4.39 Å². The average Bonchev–Trinajstić information content (AvgIpc) is 2.33. The summed E-state index contributed by atoms with van der Waals surface area (Å²) in [6.45, 7) is 3.60. The van der Waals surface area contributed by atoms with Gasteiger partial charge in [0.2, 0.25) is 0 Å². The molecule has 0 fully saturated rings. The fourth-order valence-corrected chi connectivity index (χ4v) is 2.32. The summed E-state index contributed by atoms with van der Waals surface area (Å²) in [7, 11) is 0. The van der Waals surface area contributed by atoms with Gasteiger partial charge in [-0.3, -0.25) is 9.59 Å². The van der Waals surface area contributed by atoms with Crippen molar-refractivity contribution in [3.05, 3.63) is 33.6 Å². The third kappa shape index (κ3) is 3.84. The van der Waals surface area contributed by atoms with Crippen LogP contribution < -0.4 is 0 Å². The second-order valence-corrected chi connectivity index (χ2v) is 5.10. The Morgan fingerprint density at radius 2 is 1.95 bits per heavy atom. The van der Waals surface area contributed by atoms with Crippen LogP contribution in [0.3, 0.4) is 0 Å². The molecule has 1 aromatic carbocycles. The number of amides is 1. The number of benzene rings is 1. The molecule has 1 amide bonds. The van der Waals surface area contributed by atoms with E-state index in [2.05, 4.69) is 0 Å². The smallest absolute Gasteiger partial charge is 0.305 e. The summed E-state index contributed by atoms with van der Waals surface area (Å²) in [4.78, 5) is 24.4. The molecular formula is C13H14Cl2FNO3. The number of carboxylic acids is 1. The lowest BCUT2D eigenvalue weighted by Crippen LogP contribution is -2.39. The summed E-state index contributed by atoms with van der Waals surface area (Å²) in [5.41, 5.74) is -0.0346. The number of carboxylic acid groups (broad SMARTS) is 1. The fourth-order valence-electron chi connectivity index (χ4n) is 1.86. The highest BCUT2D eigenvalue weighted by Crippen LogP contribution is 2.26. The molecule has 0 saturated heterocycles. The zero-order chi connectivity index (χ0) is 15.4. The maximum Gasteiger partial charge on any atom is 0.305 e. The van der Waals surface area contributed by atoms with Gasteiger partial charge in [0.05, 0.1) is 22.0 Å². The van der Waals surface area contributed by atoms with E-state index in [4.69, 9.17) is 28.3 Å². The molecule has 0 heterocycles. The van der Waals surface area contributed by atoms with Crippen LogP contribution in [-0.4, -0.2) is 34.5 Å². The van der Waals surface area contributed by atoms with Gasteiger partial charge in [0.15, 0.2) is 0 Å². The van der Waals surface area contributed by atoms with E-state index in [0.717, 1.165) is 12.1 Å². The van der Waals surface area contributed by atoms with Crippen molar-refractivity contribution in [2.75, 3.05) is 6.54 Å². The number of nitrogens with zero attached hydrogens (tertiary/aromatic N) is 1. The first-order valence-corrected chi connectivity index (χ1v) is 6.70. The van der Waals surface area contributed by atoms with Crippen LogP contribution in [0.1, 0.15) is 30.6 Å². The zero-order valence-corrected chi connectivity index (χ0v) is 12.5. The standard InChI is InChI=1S/C13H14Cl2FNO3/c1-3-17(7(2)4-12(18)19)13(20)8-5-11(16)10(15)6-9(8)14/h5-7H,3-4H2,1-2H3,(H,18,19). The van der Waals surface area contributed by atoms with Crippen LogP contribution >= 0.6 is 23.2 Å². The molecule has 20 heavy (non-hydrogen) atoms. The number of rotatable bonds is 5. The van der Waals surface area contributed by atoms with Crippen LogP contribution in [0.15, 0.2) is 12.1 Å². The molecule has 0 spiro atoms. The second-order valence-electron chi connectivity index (χ2n) is 4.28. The molecule has 0 aliphatic carbocycles. The van der Waals surface area contributed by atoms with Crippen molar-refractivity contribution >= 4 is 35.1 Å². The lowest BCUT2D eigenvalue weighted by molar-refractivity contribution is -0.138. The Balaban J connectivity index is 3.08. The van der Waals surface area contributed by atoms with Crippen molar-refractivity contribution in [1.82, 2.24) is 4.90 Å². The fraction of sp³-hybridized carbons (Fsp3) is 0.385. The van der Waals surface area contributed by atoms with E-state index in [-0.39, 0.29) is 28.6 Å². The van der Waals surface area contributed by atoms with E-state index in [1.807, 2.05) is 0 Å². The molecular weight excluding hydrogens is 308 g/mol. The van der Waals surface area contributed by atoms with E-state index >= 15 is 0 Å². The largest absolute Gasteiger partial charge is 0.481 e. The van der Waals surface area contributed by atoms with Crippen molar-refractivity contribution in [2.45, 2.75) is 26.3 Å². The first-order valence-electron chi connectivity index (χ1n) is 5.95. The van der Waals surface area contributed by atoms with E-state index in [0.29, 0.717) is 0 Å². The maximum atomic E-state index is 13.4. The van der Waals surface area contributed by atoms with E-state index in [1.165, 1.54) is 4.90 Å². The first kappa shape index (κ1) is 16.7. The highest BCUT2D eigenvalue weighted by molar-refractivity contribution is 6.36. The predicted molar refractivity (Wildman–Crippen MR) is 74.8 cm³/mol. The topological polar surface area (TPSA) is 57.6 Å². The quantitative estimate of drug-likeness (QED) is 0.845. The highest BCUT2D eigenvalue weighted by Gasteiger charge is 2.24. The van der Waals surface area contributed by atoms with Gasteiger partial charge in [-0.2, -0.15) is 0 Å². The summed E-state index contributed by atoms with van der Waals surface area (Å²) in [5, 5.41) is 8.63. The number of hydrogen-bond donors (Lipinski definition) is 1. The number of halogens is 3. The van der Waals surface area contributed by atoms with Crippen LogP contribution in [0.2, 0.25) is 10.0 Å². The van der Waals surface area contributed by atoms with E-state index in [9.17, 15) is 14.0 Å². The molecule has 7 heteroatoms. The number of aliphatic carboxylic acids is 1. The predicted octanol–water partition coefficient (Wildman–Crippen LogP) is 3.46. The lowest BCUT2D eigenvalue weighted by atomic mass is 10.1. The molecule has 110 valence electrons. The summed E-state index contributed by atoms with van der Waals surface area (Å²) >= 11 is 11.5. The Morgan fingerprint density at radius 1 is 1.35 bits per heavy atom. The summed E-state index contributed by atoms with van der Waals surface area (Å²) < 4.78 is 13.4. The van der Waals surface area contributed by atoms with Crippen LogP contribution in [0, 0.1) is 5.82 Å².